The summed E-state index contributed by atoms with van der Waals surface area (Å²) >= 11 is 0. The number of nitrogens with two attached hydrogens (primary N) is 3. The molecule has 0 amide bonds. The van der Waals surface area contributed by atoms with E-state index in [1.165, 1.54) is 0 Å². The fraction of sp³-hybridized carbons (Fsp3) is 1.00. The van der Waals surface area contributed by atoms with Gasteiger partial charge in [-0.1, -0.05) is 0 Å². The molecule has 0 radical (unpaired) electrons. The van der Waals surface area contributed by atoms with Crippen LogP contribution in [0.3, 0.4) is 0 Å². The number of aliphatic hydroxyl groups excluding tert-OH is 1. The first-order valence-corrected chi connectivity index (χ1v) is 3.61. The standard InChI is InChI=1S/C5H13N3O5/c6-10-1-2-3(12-7)4(13-8)5(9)11-2/h2-5,9H,1,6-8H2/t2-,3-,4-,5-/m1/s1. The second-order valence-electron chi connectivity index (χ2n) is 2.60. The van der Waals surface area contributed by atoms with E-state index >= 15 is 0 Å². The van der Waals surface area contributed by atoms with Gasteiger partial charge in [-0.15, -0.1) is 0 Å². The van der Waals surface area contributed by atoms with E-state index in [1.807, 2.05) is 0 Å². The maximum atomic E-state index is 9.23. The van der Waals surface area contributed by atoms with Crippen LogP contribution >= 0.6 is 0 Å². The van der Waals surface area contributed by atoms with Gasteiger partial charge in [0.2, 0.25) is 0 Å². The van der Waals surface area contributed by atoms with Gasteiger partial charge in [0.05, 0.1) is 6.61 Å². The topological polar surface area (TPSA) is 135 Å². The van der Waals surface area contributed by atoms with E-state index in [0.717, 1.165) is 0 Å². The van der Waals surface area contributed by atoms with Gasteiger partial charge in [-0.25, -0.2) is 17.7 Å². The van der Waals surface area contributed by atoms with Crippen molar-refractivity contribution in [1.82, 2.24) is 0 Å². The smallest absolute Gasteiger partial charge is 0.186 e. The van der Waals surface area contributed by atoms with Crippen molar-refractivity contribution >= 4 is 0 Å². The molecule has 8 nitrogen and oxygen atoms in total. The molecule has 1 aliphatic heterocycles. The molecular formula is C5H13N3O5. The summed E-state index contributed by atoms with van der Waals surface area (Å²) in [6, 6.07) is 0. The Bertz CT molecular complexity index is 159. The highest BCUT2D eigenvalue weighted by atomic mass is 16.7. The van der Waals surface area contributed by atoms with Gasteiger partial charge < -0.3 is 14.7 Å². The normalized spacial score (nSPS) is 39.7. The van der Waals surface area contributed by atoms with Crippen LogP contribution in [0.2, 0.25) is 0 Å². The Morgan fingerprint density at radius 3 is 2.23 bits per heavy atom. The van der Waals surface area contributed by atoms with E-state index < -0.39 is 24.6 Å². The number of aliphatic hydroxyl groups is 1. The summed E-state index contributed by atoms with van der Waals surface area (Å²) in [6.45, 7) is 0.0266. The second-order valence-corrected chi connectivity index (χ2v) is 2.60. The van der Waals surface area contributed by atoms with Crippen molar-refractivity contribution in [2.75, 3.05) is 6.61 Å². The van der Waals surface area contributed by atoms with Crippen LogP contribution in [-0.2, 0) is 19.2 Å². The van der Waals surface area contributed by atoms with Gasteiger partial charge in [0.15, 0.2) is 12.4 Å². The lowest BCUT2D eigenvalue weighted by atomic mass is 10.1. The zero-order valence-electron chi connectivity index (χ0n) is 6.83. The van der Waals surface area contributed by atoms with Crippen molar-refractivity contribution in [2.24, 2.45) is 17.7 Å². The Labute approximate surface area is 74.3 Å². The molecule has 1 aliphatic rings. The molecule has 1 saturated heterocycles. The van der Waals surface area contributed by atoms with Gasteiger partial charge in [-0.05, 0) is 0 Å². The van der Waals surface area contributed by atoms with Crippen molar-refractivity contribution in [3.8, 4) is 0 Å². The molecule has 1 fully saturated rings. The molecule has 7 N–H and O–H groups in total. The van der Waals surface area contributed by atoms with E-state index in [1.54, 1.807) is 0 Å². The molecular weight excluding hydrogens is 182 g/mol. The SMILES string of the molecule is NOC[C@H]1O[C@@H](O)[C@H](ON)[C@@H]1ON. The van der Waals surface area contributed by atoms with Crippen LogP contribution in [0.25, 0.3) is 0 Å². The first kappa shape index (κ1) is 10.8. The molecule has 1 rings (SSSR count). The van der Waals surface area contributed by atoms with Gasteiger partial charge in [0, 0.05) is 0 Å². The Morgan fingerprint density at radius 2 is 1.77 bits per heavy atom. The Kier molecular flexibility index (Phi) is 3.96. The summed E-state index contributed by atoms with van der Waals surface area (Å²) in [6.07, 6.45) is -3.34. The van der Waals surface area contributed by atoms with Crippen molar-refractivity contribution < 1.29 is 24.4 Å². The van der Waals surface area contributed by atoms with Gasteiger partial charge in [0.1, 0.15) is 12.2 Å². The van der Waals surface area contributed by atoms with Gasteiger partial charge >= 0.3 is 0 Å². The van der Waals surface area contributed by atoms with Crippen molar-refractivity contribution in [3.63, 3.8) is 0 Å². The van der Waals surface area contributed by atoms with Crippen LogP contribution in [-0.4, -0.2) is 36.3 Å². The maximum absolute atomic E-state index is 9.23. The molecule has 0 spiro atoms. The van der Waals surface area contributed by atoms with E-state index in [9.17, 15) is 5.11 Å². The number of rotatable bonds is 4. The lowest BCUT2D eigenvalue weighted by Crippen LogP contribution is -2.42. The summed E-state index contributed by atoms with van der Waals surface area (Å²) in [5.74, 6) is 14.7. The zero-order valence-corrected chi connectivity index (χ0v) is 6.83. The van der Waals surface area contributed by atoms with E-state index in [2.05, 4.69) is 14.5 Å². The lowest BCUT2D eigenvalue weighted by molar-refractivity contribution is -0.151. The predicted molar refractivity (Wildman–Crippen MR) is 39.1 cm³/mol. The third-order valence-electron chi connectivity index (χ3n) is 1.86. The minimum absolute atomic E-state index is 0.0266. The first-order valence-electron chi connectivity index (χ1n) is 3.61. The number of hydrogen-bond donors (Lipinski definition) is 4. The van der Waals surface area contributed by atoms with Crippen LogP contribution in [0.5, 0.6) is 0 Å². The van der Waals surface area contributed by atoms with E-state index in [4.69, 9.17) is 22.4 Å². The number of hydrogen-bond acceptors (Lipinski definition) is 8. The molecule has 78 valence electrons. The van der Waals surface area contributed by atoms with Crippen molar-refractivity contribution in [2.45, 2.75) is 24.6 Å². The van der Waals surface area contributed by atoms with Crippen LogP contribution in [0, 0.1) is 0 Å². The molecule has 8 heteroatoms. The average Bonchev–Trinajstić information content (AvgIpc) is 2.41. The highest BCUT2D eigenvalue weighted by Gasteiger charge is 2.45. The molecule has 0 aromatic carbocycles. The first-order chi connectivity index (χ1) is 6.24. The van der Waals surface area contributed by atoms with Crippen LogP contribution in [0.15, 0.2) is 0 Å². The molecule has 13 heavy (non-hydrogen) atoms. The summed E-state index contributed by atoms with van der Waals surface area (Å²) < 4.78 is 4.95. The third kappa shape index (κ3) is 2.13. The van der Waals surface area contributed by atoms with Crippen LogP contribution in [0.1, 0.15) is 0 Å². The van der Waals surface area contributed by atoms with Gasteiger partial charge in [0.25, 0.3) is 0 Å². The van der Waals surface area contributed by atoms with Gasteiger partial charge in [-0.2, -0.15) is 0 Å². The molecule has 0 aliphatic carbocycles. The monoisotopic (exact) mass is 195 g/mol. The molecule has 0 bridgehead atoms. The second kappa shape index (κ2) is 4.79. The average molecular weight is 195 g/mol. The molecule has 0 aromatic rings. The predicted octanol–water partition coefficient (Wildman–Crippen LogP) is -2.89. The Hall–Kier alpha value is -0.320. The lowest BCUT2D eigenvalue weighted by Gasteiger charge is -2.17. The largest absolute Gasteiger partial charge is 0.366 e. The summed E-state index contributed by atoms with van der Waals surface area (Å²) in [5, 5.41) is 9.23. The summed E-state index contributed by atoms with van der Waals surface area (Å²) in [7, 11) is 0. The summed E-state index contributed by atoms with van der Waals surface area (Å²) in [4.78, 5) is 13.3. The highest BCUT2D eigenvalue weighted by Crippen LogP contribution is 2.23. The molecule has 1 heterocycles. The van der Waals surface area contributed by atoms with Gasteiger partial charge in [-0.3, -0.25) is 9.68 Å². The van der Waals surface area contributed by atoms with E-state index in [0.29, 0.717) is 0 Å². The fourth-order valence-electron chi connectivity index (χ4n) is 1.25. The van der Waals surface area contributed by atoms with Crippen molar-refractivity contribution in [1.29, 1.82) is 0 Å². The zero-order chi connectivity index (χ0) is 9.84. The Morgan fingerprint density at radius 1 is 1.15 bits per heavy atom. The molecule has 4 atom stereocenters. The molecule has 0 unspecified atom stereocenters. The van der Waals surface area contributed by atoms with E-state index in [-0.39, 0.29) is 6.61 Å². The highest BCUT2D eigenvalue weighted by molar-refractivity contribution is 4.87. The third-order valence-corrected chi connectivity index (χ3v) is 1.86. The quantitative estimate of drug-likeness (QED) is 0.351. The molecule has 0 aromatic heterocycles. The summed E-state index contributed by atoms with van der Waals surface area (Å²) in [5.41, 5.74) is 0. The number of ether oxygens (including phenoxy) is 1. The van der Waals surface area contributed by atoms with Crippen LogP contribution in [0.4, 0.5) is 0 Å². The van der Waals surface area contributed by atoms with Crippen LogP contribution < -0.4 is 17.7 Å². The molecule has 0 saturated carbocycles. The fourth-order valence-corrected chi connectivity index (χ4v) is 1.25. The minimum atomic E-state index is -1.20. The van der Waals surface area contributed by atoms with Crippen molar-refractivity contribution in [3.05, 3.63) is 0 Å². The Balaban J connectivity index is 2.57. The maximum Gasteiger partial charge on any atom is 0.186 e. The minimum Gasteiger partial charge on any atom is -0.366 e.